The summed E-state index contributed by atoms with van der Waals surface area (Å²) in [7, 11) is 0. The van der Waals surface area contributed by atoms with E-state index >= 15 is 0 Å². The zero-order valence-corrected chi connectivity index (χ0v) is 11.8. The van der Waals surface area contributed by atoms with Gasteiger partial charge in [0.1, 0.15) is 12.1 Å². The molecule has 0 N–H and O–H groups in total. The summed E-state index contributed by atoms with van der Waals surface area (Å²) in [6, 6.07) is 9.40. The van der Waals surface area contributed by atoms with Crippen LogP contribution in [-0.4, -0.2) is 15.6 Å². The zero-order valence-electron chi connectivity index (χ0n) is 11.8. The Balaban J connectivity index is 1.90. The fourth-order valence-corrected chi connectivity index (χ4v) is 2.27. The molecule has 1 aromatic carbocycles. The number of carbonyl (C=O) groups is 1. The van der Waals surface area contributed by atoms with Crippen LogP contribution in [-0.2, 0) is 6.54 Å². The van der Waals surface area contributed by atoms with Gasteiger partial charge in [-0.2, -0.15) is 5.10 Å². The molecule has 0 atom stereocenters. The molecule has 2 heterocycles. The van der Waals surface area contributed by atoms with Crippen LogP contribution in [0.3, 0.4) is 0 Å². The third-order valence-electron chi connectivity index (χ3n) is 3.74. The highest BCUT2D eigenvalue weighted by molar-refractivity contribution is 5.97. The molecule has 0 saturated heterocycles. The number of fused-ring (bicyclic) bond motifs is 1. The third-order valence-corrected chi connectivity index (χ3v) is 3.74. The van der Waals surface area contributed by atoms with E-state index in [2.05, 4.69) is 5.10 Å². The lowest BCUT2D eigenvalue weighted by molar-refractivity contribution is 0.0941. The van der Waals surface area contributed by atoms with Crippen molar-refractivity contribution in [2.45, 2.75) is 27.3 Å². The van der Waals surface area contributed by atoms with Crippen molar-refractivity contribution in [3.8, 4) is 0 Å². The number of aromatic nitrogens is 2. The minimum atomic E-state index is -0.0631. The minimum Gasteiger partial charge on any atom is -0.453 e. The Hall–Kier alpha value is -2.36. The normalized spacial score (nSPS) is 11.2. The highest BCUT2D eigenvalue weighted by atomic mass is 16.3. The van der Waals surface area contributed by atoms with Crippen LogP contribution in [0.5, 0.6) is 0 Å². The van der Waals surface area contributed by atoms with E-state index in [0.717, 1.165) is 27.9 Å². The maximum absolute atomic E-state index is 12.3. The van der Waals surface area contributed by atoms with Gasteiger partial charge in [0.2, 0.25) is 5.78 Å². The van der Waals surface area contributed by atoms with Gasteiger partial charge >= 0.3 is 0 Å². The van der Waals surface area contributed by atoms with E-state index in [9.17, 15) is 4.79 Å². The van der Waals surface area contributed by atoms with Gasteiger partial charge in [-0.25, -0.2) is 0 Å². The second-order valence-corrected chi connectivity index (χ2v) is 5.03. The third kappa shape index (κ3) is 2.03. The van der Waals surface area contributed by atoms with Crippen molar-refractivity contribution in [2.24, 2.45) is 0 Å². The molecule has 3 rings (SSSR count). The largest absolute Gasteiger partial charge is 0.453 e. The summed E-state index contributed by atoms with van der Waals surface area (Å²) in [5.41, 5.74) is 3.84. The van der Waals surface area contributed by atoms with Crippen molar-refractivity contribution in [1.82, 2.24) is 9.78 Å². The van der Waals surface area contributed by atoms with E-state index in [1.165, 1.54) is 0 Å². The SMILES string of the molecule is Cc1nn(CC(=O)c2cc3ccccc3o2)c(C)c1C. The highest BCUT2D eigenvalue weighted by Crippen LogP contribution is 2.20. The summed E-state index contributed by atoms with van der Waals surface area (Å²) in [5, 5.41) is 5.33. The summed E-state index contributed by atoms with van der Waals surface area (Å²) in [4.78, 5) is 12.3. The van der Waals surface area contributed by atoms with Crippen LogP contribution in [0.25, 0.3) is 11.0 Å². The second-order valence-electron chi connectivity index (χ2n) is 5.03. The summed E-state index contributed by atoms with van der Waals surface area (Å²) >= 11 is 0. The molecule has 0 aliphatic carbocycles. The minimum absolute atomic E-state index is 0.0631. The van der Waals surface area contributed by atoms with Crippen LogP contribution in [0, 0.1) is 20.8 Å². The Bertz CT molecular complexity index is 763. The Kier molecular flexibility index (Phi) is 2.93. The molecule has 0 aliphatic rings. The van der Waals surface area contributed by atoms with Gasteiger partial charge in [0.25, 0.3) is 0 Å². The number of ketones is 1. The summed E-state index contributed by atoms with van der Waals surface area (Å²) < 4.78 is 7.32. The number of rotatable bonds is 3. The molecule has 102 valence electrons. The number of Topliss-reactive ketones (excluding diaryl/α,β-unsaturated/α-hetero) is 1. The number of benzene rings is 1. The van der Waals surface area contributed by atoms with Gasteiger partial charge in [-0.15, -0.1) is 0 Å². The fraction of sp³-hybridized carbons (Fsp3) is 0.250. The first-order chi connectivity index (χ1) is 9.56. The first-order valence-corrected chi connectivity index (χ1v) is 6.58. The molecule has 0 unspecified atom stereocenters. The van der Waals surface area contributed by atoms with Crippen LogP contribution in [0.1, 0.15) is 27.5 Å². The topological polar surface area (TPSA) is 48.0 Å². The fourth-order valence-electron chi connectivity index (χ4n) is 2.27. The van der Waals surface area contributed by atoms with Gasteiger partial charge in [-0.05, 0) is 38.5 Å². The molecule has 0 aliphatic heterocycles. The van der Waals surface area contributed by atoms with Crippen LogP contribution in [0.4, 0.5) is 0 Å². The molecule has 2 aromatic heterocycles. The van der Waals surface area contributed by atoms with Gasteiger partial charge in [0.15, 0.2) is 5.76 Å². The lowest BCUT2D eigenvalue weighted by Crippen LogP contribution is -2.12. The number of carbonyl (C=O) groups excluding carboxylic acids is 1. The van der Waals surface area contributed by atoms with E-state index in [-0.39, 0.29) is 12.3 Å². The molecular weight excluding hydrogens is 252 g/mol. The van der Waals surface area contributed by atoms with Gasteiger partial charge in [-0.3, -0.25) is 9.48 Å². The Morgan fingerprint density at radius 2 is 2.00 bits per heavy atom. The molecule has 20 heavy (non-hydrogen) atoms. The maximum Gasteiger partial charge on any atom is 0.219 e. The quantitative estimate of drug-likeness (QED) is 0.684. The number of nitrogens with zero attached hydrogens (tertiary/aromatic N) is 2. The predicted octanol–water partition coefficient (Wildman–Crippen LogP) is 3.44. The second kappa shape index (κ2) is 4.63. The predicted molar refractivity (Wildman–Crippen MR) is 77.0 cm³/mol. The van der Waals surface area contributed by atoms with Crippen molar-refractivity contribution in [3.05, 3.63) is 53.0 Å². The average Bonchev–Trinajstić information content (AvgIpc) is 2.97. The number of hydrogen-bond acceptors (Lipinski definition) is 3. The number of hydrogen-bond donors (Lipinski definition) is 0. The van der Waals surface area contributed by atoms with E-state index in [0.29, 0.717) is 5.76 Å². The lowest BCUT2D eigenvalue weighted by Gasteiger charge is -2.01. The van der Waals surface area contributed by atoms with Gasteiger partial charge in [0, 0.05) is 11.1 Å². The highest BCUT2D eigenvalue weighted by Gasteiger charge is 2.15. The van der Waals surface area contributed by atoms with Crippen molar-refractivity contribution < 1.29 is 9.21 Å². The average molecular weight is 268 g/mol. The van der Waals surface area contributed by atoms with E-state index < -0.39 is 0 Å². The Morgan fingerprint density at radius 3 is 2.65 bits per heavy atom. The summed E-state index contributed by atoms with van der Waals surface area (Å²) in [5.74, 6) is 0.322. The van der Waals surface area contributed by atoms with Crippen molar-refractivity contribution in [3.63, 3.8) is 0 Å². The Morgan fingerprint density at radius 1 is 1.25 bits per heavy atom. The molecule has 0 spiro atoms. The number of furan rings is 1. The van der Waals surface area contributed by atoms with E-state index in [4.69, 9.17) is 4.42 Å². The molecule has 0 amide bonds. The van der Waals surface area contributed by atoms with Crippen LogP contribution < -0.4 is 0 Å². The smallest absolute Gasteiger partial charge is 0.219 e. The molecular formula is C16H16N2O2. The number of aryl methyl sites for hydroxylation is 1. The first kappa shape index (κ1) is 12.7. The molecule has 0 saturated carbocycles. The monoisotopic (exact) mass is 268 g/mol. The molecule has 3 aromatic rings. The molecule has 0 bridgehead atoms. The van der Waals surface area contributed by atoms with Crippen LogP contribution in [0.15, 0.2) is 34.7 Å². The number of para-hydroxylation sites is 1. The van der Waals surface area contributed by atoms with Crippen LogP contribution in [0.2, 0.25) is 0 Å². The Labute approximate surface area is 117 Å². The van der Waals surface area contributed by atoms with E-state index in [1.807, 2.05) is 45.0 Å². The van der Waals surface area contributed by atoms with Crippen molar-refractivity contribution in [2.75, 3.05) is 0 Å². The summed E-state index contributed by atoms with van der Waals surface area (Å²) in [6.07, 6.45) is 0. The van der Waals surface area contributed by atoms with Crippen LogP contribution >= 0.6 is 0 Å². The van der Waals surface area contributed by atoms with Gasteiger partial charge in [0.05, 0.1) is 5.69 Å². The first-order valence-electron chi connectivity index (χ1n) is 6.58. The molecule has 4 nitrogen and oxygen atoms in total. The van der Waals surface area contributed by atoms with Crippen molar-refractivity contribution in [1.29, 1.82) is 0 Å². The zero-order chi connectivity index (χ0) is 14.3. The van der Waals surface area contributed by atoms with Gasteiger partial charge in [-0.1, -0.05) is 18.2 Å². The molecule has 0 radical (unpaired) electrons. The molecule has 0 fully saturated rings. The molecule has 4 heteroatoms. The van der Waals surface area contributed by atoms with Crippen molar-refractivity contribution >= 4 is 16.8 Å². The van der Waals surface area contributed by atoms with Gasteiger partial charge < -0.3 is 4.42 Å². The van der Waals surface area contributed by atoms with E-state index in [1.54, 1.807) is 10.7 Å². The maximum atomic E-state index is 12.3. The lowest BCUT2D eigenvalue weighted by atomic mass is 10.2. The standard InChI is InChI=1S/C16H16N2O2/c1-10-11(2)17-18(12(10)3)9-14(19)16-8-13-6-4-5-7-15(13)20-16/h4-8H,9H2,1-3H3. The summed E-state index contributed by atoms with van der Waals surface area (Å²) in [6.45, 7) is 6.14.